The van der Waals surface area contributed by atoms with Gasteiger partial charge in [0.05, 0.1) is 15.6 Å². The second-order valence-electron chi connectivity index (χ2n) is 4.76. The highest BCUT2D eigenvalue weighted by Crippen LogP contribution is 2.36. The molecule has 0 radical (unpaired) electrons. The van der Waals surface area contributed by atoms with E-state index in [1.165, 1.54) is 12.1 Å². The van der Waals surface area contributed by atoms with E-state index in [0.717, 1.165) is 19.3 Å². The minimum atomic E-state index is -3.77. The van der Waals surface area contributed by atoms with Gasteiger partial charge in [0.25, 0.3) is 0 Å². The van der Waals surface area contributed by atoms with Gasteiger partial charge in [-0.25, -0.2) is 13.1 Å². The maximum Gasteiger partial charge on any atom is 0.243 e. The zero-order valence-corrected chi connectivity index (χ0v) is 14.7. The molecular formula is C12H14BrCl2NO3S. The average molecular weight is 403 g/mol. The lowest BCUT2D eigenvalue weighted by Crippen LogP contribution is -2.49. The summed E-state index contributed by atoms with van der Waals surface area (Å²) in [5.74, 6) is 0. The third-order valence-corrected chi connectivity index (χ3v) is 6.29. The molecule has 0 aromatic heterocycles. The van der Waals surface area contributed by atoms with Crippen LogP contribution in [0.2, 0.25) is 10.0 Å². The first kappa shape index (κ1) is 16.5. The first-order valence-electron chi connectivity index (χ1n) is 5.99. The molecule has 4 nitrogen and oxygen atoms in total. The molecule has 0 amide bonds. The van der Waals surface area contributed by atoms with E-state index in [9.17, 15) is 8.42 Å². The van der Waals surface area contributed by atoms with Crippen LogP contribution in [0.1, 0.15) is 19.3 Å². The number of hydrogen-bond donors (Lipinski definition) is 1. The molecule has 0 saturated heterocycles. The predicted octanol–water partition coefficient (Wildman–Crippen LogP) is 3.60. The first-order valence-corrected chi connectivity index (χ1v) is 9.02. The van der Waals surface area contributed by atoms with Crippen molar-refractivity contribution in [3.8, 4) is 0 Å². The number of nitrogens with one attached hydrogen (secondary N) is 1. The van der Waals surface area contributed by atoms with Crippen LogP contribution in [0.4, 0.5) is 0 Å². The van der Waals surface area contributed by atoms with E-state index in [-0.39, 0.29) is 21.5 Å². The van der Waals surface area contributed by atoms with Gasteiger partial charge < -0.3 is 4.74 Å². The highest BCUT2D eigenvalue weighted by molar-refractivity contribution is 9.10. The second-order valence-corrected chi connectivity index (χ2v) is 8.20. The number of sulfonamides is 1. The van der Waals surface area contributed by atoms with Crippen molar-refractivity contribution in [2.24, 2.45) is 0 Å². The van der Waals surface area contributed by atoms with Crippen LogP contribution in [0.5, 0.6) is 0 Å². The summed E-state index contributed by atoms with van der Waals surface area (Å²) in [5, 5.41) is 0.161. The molecule has 8 heteroatoms. The monoisotopic (exact) mass is 401 g/mol. The SMILES string of the molecule is COC1(CNS(=O)(=O)c2c(Cl)cc(Br)cc2Cl)CCC1. The van der Waals surface area contributed by atoms with Crippen molar-refractivity contribution in [3.05, 3.63) is 26.7 Å². The van der Waals surface area contributed by atoms with Crippen LogP contribution in [0.15, 0.2) is 21.5 Å². The number of hydrogen-bond acceptors (Lipinski definition) is 3. The molecular weight excluding hydrogens is 389 g/mol. The number of halogens is 3. The molecule has 1 saturated carbocycles. The van der Waals surface area contributed by atoms with E-state index in [2.05, 4.69) is 20.7 Å². The molecule has 0 atom stereocenters. The third-order valence-electron chi connectivity index (χ3n) is 3.51. The van der Waals surface area contributed by atoms with E-state index < -0.39 is 15.6 Å². The highest BCUT2D eigenvalue weighted by Gasteiger charge is 2.38. The Kier molecular flexibility index (Phi) is 5.04. The van der Waals surface area contributed by atoms with E-state index in [1.807, 2.05) is 0 Å². The maximum absolute atomic E-state index is 12.3. The molecule has 0 aliphatic heterocycles. The largest absolute Gasteiger partial charge is 0.377 e. The quantitative estimate of drug-likeness (QED) is 0.818. The van der Waals surface area contributed by atoms with Crippen molar-refractivity contribution in [1.29, 1.82) is 0 Å². The van der Waals surface area contributed by atoms with Crippen molar-refractivity contribution in [2.45, 2.75) is 29.8 Å². The number of rotatable bonds is 5. The summed E-state index contributed by atoms with van der Waals surface area (Å²) >= 11 is 15.2. The zero-order valence-electron chi connectivity index (χ0n) is 10.8. The number of benzene rings is 1. The fourth-order valence-corrected chi connectivity index (χ4v) is 5.16. The third kappa shape index (κ3) is 3.31. The Bertz CT molecular complexity index is 589. The predicted molar refractivity (Wildman–Crippen MR) is 82.9 cm³/mol. The Balaban J connectivity index is 2.23. The zero-order chi connectivity index (χ0) is 15.0. The van der Waals surface area contributed by atoms with Crippen LogP contribution >= 0.6 is 39.1 Å². The van der Waals surface area contributed by atoms with Gasteiger partial charge in [-0.1, -0.05) is 39.1 Å². The normalized spacial score (nSPS) is 17.8. The van der Waals surface area contributed by atoms with Crippen molar-refractivity contribution >= 4 is 49.2 Å². The maximum atomic E-state index is 12.3. The molecule has 0 heterocycles. The second kappa shape index (κ2) is 6.10. The van der Waals surface area contributed by atoms with Crippen LogP contribution < -0.4 is 4.72 Å². The van der Waals surface area contributed by atoms with E-state index in [1.54, 1.807) is 7.11 Å². The summed E-state index contributed by atoms with van der Waals surface area (Å²) in [4.78, 5) is -0.102. The average Bonchev–Trinajstić information content (AvgIpc) is 2.25. The van der Waals surface area contributed by atoms with Gasteiger partial charge in [-0.05, 0) is 31.4 Å². The molecule has 1 aromatic carbocycles. The summed E-state index contributed by atoms with van der Waals surface area (Å²) in [6.45, 7) is 0.217. The number of methoxy groups -OCH3 is 1. The van der Waals surface area contributed by atoms with Gasteiger partial charge in [0.15, 0.2) is 0 Å². The van der Waals surface area contributed by atoms with Gasteiger partial charge in [0.1, 0.15) is 4.90 Å². The molecule has 0 unspecified atom stereocenters. The van der Waals surface area contributed by atoms with E-state index >= 15 is 0 Å². The molecule has 1 fully saturated rings. The van der Waals surface area contributed by atoms with Gasteiger partial charge in [0.2, 0.25) is 10.0 Å². The molecule has 2 rings (SSSR count). The highest BCUT2D eigenvalue weighted by atomic mass is 79.9. The van der Waals surface area contributed by atoms with Crippen LogP contribution in [-0.2, 0) is 14.8 Å². The smallest absolute Gasteiger partial charge is 0.243 e. The fourth-order valence-electron chi connectivity index (χ4n) is 2.11. The number of ether oxygens (including phenoxy) is 1. The van der Waals surface area contributed by atoms with Gasteiger partial charge in [0, 0.05) is 18.1 Å². The van der Waals surface area contributed by atoms with E-state index in [0.29, 0.717) is 4.47 Å². The molecule has 0 bridgehead atoms. The molecule has 112 valence electrons. The van der Waals surface area contributed by atoms with Crippen LogP contribution in [0.25, 0.3) is 0 Å². The minimum absolute atomic E-state index is 0.0805. The summed E-state index contributed by atoms with van der Waals surface area (Å²) < 4.78 is 33.2. The molecule has 1 aromatic rings. The first-order chi connectivity index (χ1) is 9.30. The Labute approximate surface area is 137 Å². The van der Waals surface area contributed by atoms with Crippen molar-refractivity contribution < 1.29 is 13.2 Å². The topological polar surface area (TPSA) is 55.4 Å². The Morgan fingerprint density at radius 2 is 1.90 bits per heavy atom. The van der Waals surface area contributed by atoms with Crippen LogP contribution in [0.3, 0.4) is 0 Å². The fraction of sp³-hybridized carbons (Fsp3) is 0.500. The standard InChI is InChI=1S/C12H14BrCl2NO3S/c1-19-12(3-2-4-12)7-16-20(17,18)11-9(14)5-8(13)6-10(11)15/h5-6,16H,2-4,7H2,1H3. The molecule has 20 heavy (non-hydrogen) atoms. The van der Waals surface area contributed by atoms with Crippen molar-refractivity contribution in [1.82, 2.24) is 4.72 Å². The molecule has 1 aliphatic carbocycles. The van der Waals surface area contributed by atoms with Gasteiger partial charge in [-0.15, -0.1) is 0 Å². The Morgan fingerprint density at radius 3 is 2.30 bits per heavy atom. The summed E-state index contributed by atoms with van der Waals surface area (Å²) in [7, 11) is -2.18. The lowest BCUT2D eigenvalue weighted by molar-refractivity contribution is -0.0659. The Morgan fingerprint density at radius 1 is 1.35 bits per heavy atom. The van der Waals surface area contributed by atoms with Gasteiger partial charge >= 0.3 is 0 Å². The van der Waals surface area contributed by atoms with Crippen molar-refractivity contribution in [3.63, 3.8) is 0 Å². The van der Waals surface area contributed by atoms with Crippen LogP contribution in [0, 0.1) is 0 Å². The molecule has 0 spiro atoms. The minimum Gasteiger partial charge on any atom is -0.377 e. The van der Waals surface area contributed by atoms with Gasteiger partial charge in [-0.3, -0.25) is 0 Å². The van der Waals surface area contributed by atoms with Crippen LogP contribution in [-0.4, -0.2) is 27.7 Å². The lowest BCUT2D eigenvalue weighted by atomic mass is 9.80. The summed E-state index contributed by atoms with van der Waals surface area (Å²) in [5.41, 5.74) is -0.401. The summed E-state index contributed by atoms with van der Waals surface area (Å²) in [6.07, 6.45) is 2.72. The summed E-state index contributed by atoms with van der Waals surface area (Å²) in [6, 6.07) is 2.99. The lowest BCUT2D eigenvalue weighted by Gasteiger charge is -2.40. The Hall–Kier alpha value is 0.150. The molecule has 1 N–H and O–H groups in total. The van der Waals surface area contributed by atoms with Gasteiger partial charge in [-0.2, -0.15) is 0 Å². The molecule has 1 aliphatic rings. The van der Waals surface area contributed by atoms with Crippen molar-refractivity contribution in [2.75, 3.05) is 13.7 Å². The van der Waals surface area contributed by atoms with E-state index in [4.69, 9.17) is 27.9 Å².